The molecule has 0 heterocycles. The van der Waals surface area contributed by atoms with Gasteiger partial charge in [-0.05, 0) is 12.8 Å². The highest BCUT2D eigenvalue weighted by molar-refractivity contribution is 8.14. The van der Waals surface area contributed by atoms with Crippen LogP contribution in [0.5, 0.6) is 0 Å². The minimum atomic E-state index is -5.33. The molecule has 0 spiro atoms. The van der Waals surface area contributed by atoms with Crippen molar-refractivity contribution in [1.29, 1.82) is 0 Å². The number of carbonyl (C=O) groups excluding carboxylic acids is 1. The van der Waals surface area contributed by atoms with Crippen LogP contribution in [0.1, 0.15) is 29.6 Å². The lowest BCUT2D eigenvalue weighted by atomic mass is 10.1. The summed E-state index contributed by atoms with van der Waals surface area (Å²) in [5, 5.41) is -0.259. The summed E-state index contributed by atoms with van der Waals surface area (Å²) < 4.78 is 75.0. The van der Waals surface area contributed by atoms with Crippen molar-refractivity contribution in [2.45, 2.75) is 37.5 Å². The molecule has 0 saturated carbocycles. The Bertz CT molecular complexity index is 477. The van der Waals surface area contributed by atoms with Crippen LogP contribution in [0.4, 0.5) is 26.3 Å². The number of unbranched alkanes of at least 4 members (excludes halogenated alkanes) is 1. The van der Waals surface area contributed by atoms with Gasteiger partial charge in [-0.25, -0.2) is 8.78 Å². The lowest BCUT2D eigenvalue weighted by Crippen LogP contribution is -2.46. The van der Waals surface area contributed by atoms with Crippen molar-refractivity contribution in [2.24, 2.45) is 0 Å². The molecule has 8 heteroatoms. The van der Waals surface area contributed by atoms with Crippen molar-refractivity contribution < 1.29 is 31.1 Å². The van der Waals surface area contributed by atoms with Crippen molar-refractivity contribution in [1.82, 2.24) is 0 Å². The first-order chi connectivity index (χ1) is 10.2. The van der Waals surface area contributed by atoms with E-state index in [0.717, 1.165) is 11.8 Å². The van der Waals surface area contributed by atoms with Gasteiger partial charge in [0.2, 0.25) is 5.12 Å². The molecule has 0 fully saturated rings. The van der Waals surface area contributed by atoms with Crippen LogP contribution in [-0.2, 0) is 0 Å². The van der Waals surface area contributed by atoms with Crippen LogP contribution in [0.25, 0.3) is 0 Å². The monoisotopic (exact) mass is 344 g/mol. The Morgan fingerprint density at radius 3 is 2.18 bits per heavy atom. The molecule has 0 unspecified atom stereocenters. The topological polar surface area (TPSA) is 17.1 Å². The first kappa shape index (κ1) is 18.9. The molecule has 124 valence electrons. The molecule has 22 heavy (non-hydrogen) atoms. The summed E-state index contributed by atoms with van der Waals surface area (Å²) in [7, 11) is 0. The summed E-state index contributed by atoms with van der Waals surface area (Å²) in [6.45, 7) is 0. The third kappa shape index (κ3) is 4.93. The fourth-order valence-electron chi connectivity index (χ4n) is 1.60. The molecule has 0 atom stereocenters. The average molecular weight is 344 g/mol. The Morgan fingerprint density at radius 2 is 1.64 bits per heavy atom. The standard InChI is InChI=1S/C14H14F6OS/c15-12(16)14(19,20)13(17,18)8-4-5-9-22-11(21)10-6-2-1-3-7-10/h1-3,6-7,12H,4-5,8-9H2. The Kier molecular flexibility index (Phi) is 6.77. The highest BCUT2D eigenvalue weighted by Crippen LogP contribution is 2.42. The molecular formula is C14H14F6OS. The summed E-state index contributed by atoms with van der Waals surface area (Å²) in [6.07, 6.45) is -6.07. The maximum Gasteiger partial charge on any atom is 0.369 e. The van der Waals surface area contributed by atoms with Gasteiger partial charge in [-0.2, -0.15) is 17.6 Å². The zero-order valence-electron chi connectivity index (χ0n) is 11.4. The summed E-state index contributed by atoms with van der Waals surface area (Å²) in [6, 6.07) is 8.24. The molecule has 1 nitrogen and oxygen atoms in total. The highest BCUT2D eigenvalue weighted by atomic mass is 32.2. The molecule has 1 aromatic carbocycles. The Labute approximate surface area is 128 Å². The van der Waals surface area contributed by atoms with E-state index in [4.69, 9.17) is 0 Å². The fourth-order valence-corrected chi connectivity index (χ4v) is 2.43. The third-order valence-electron chi connectivity index (χ3n) is 2.89. The average Bonchev–Trinajstić information content (AvgIpc) is 2.47. The number of hydrogen-bond donors (Lipinski definition) is 0. The van der Waals surface area contributed by atoms with E-state index in [0.29, 0.717) is 5.56 Å². The minimum absolute atomic E-state index is 0.0537. The summed E-state index contributed by atoms with van der Waals surface area (Å²) in [5.41, 5.74) is 0.446. The third-order valence-corrected chi connectivity index (χ3v) is 3.88. The van der Waals surface area contributed by atoms with Crippen molar-refractivity contribution in [2.75, 3.05) is 5.75 Å². The second kappa shape index (κ2) is 7.89. The van der Waals surface area contributed by atoms with Gasteiger partial charge in [0.25, 0.3) is 0 Å². The molecule has 0 radical (unpaired) electrons. The van der Waals surface area contributed by atoms with E-state index in [1.165, 1.54) is 0 Å². The maximum atomic E-state index is 13.0. The fraction of sp³-hybridized carbons (Fsp3) is 0.500. The Morgan fingerprint density at radius 1 is 1.05 bits per heavy atom. The second-order valence-electron chi connectivity index (χ2n) is 4.59. The SMILES string of the molecule is O=C(SCCCCC(F)(F)C(F)(F)C(F)F)c1ccccc1. The van der Waals surface area contributed by atoms with E-state index >= 15 is 0 Å². The van der Waals surface area contributed by atoms with Crippen LogP contribution in [0, 0.1) is 0 Å². The second-order valence-corrected chi connectivity index (χ2v) is 5.65. The summed E-state index contributed by atoms with van der Waals surface area (Å²) in [5.74, 6) is -9.93. The van der Waals surface area contributed by atoms with Crippen LogP contribution >= 0.6 is 11.8 Å². The van der Waals surface area contributed by atoms with Gasteiger partial charge in [-0.3, -0.25) is 4.79 Å². The zero-order chi connectivity index (χ0) is 16.8. The van der Waals surface area contributed by atoms with E-state index in [1.54, 1.807) is 30.3 Å². The Hall–Kier alpha value is -1.18. The number of thioether (sulfide) groups is 1. The predicted molar refractivity (Wildman–Crippen MR) is 73.0 cm³/mol. The van der Waals surface area contributed by atoms with Gasteiger partial charge in [0, 0.05) is 17.7 Å². The smallest absolute Gasteiger partial charge is 0.282 e. The molecule has 0 saturated heterocycles. The predicted octanol–water partition coefficient (Wildman–Crippen LogP) is 5.27. The number of benzene rings is 1. The van der Waals surface area contributed by atoms with E-state index < -0.39 is 24.7 Å². The largest absolute Gasteiger partial charge is 0.369 e. The Balaban J connectivity index is 2.32. The van der Waals surface area contributed by atoms with Crippen molar-refractivity contribution in [3.63, 3.8) is 0 Å². The number of carbonyl (C=O) groups is 1. The van der Waals surface area contributed by atoms with Gasteiger partial charge < -0.3 is 0 Å². The lowest BCUT2D eigenvalue weighted by Gasteiger charge is -2.25. The van der Waals surface area contributed by atoms with Gasteiger partial charge in [-0.15, -0.1) is 0 Å². The van der Waals surface area contributed by atoms with Crippen LogP contribution in [0.3, 0.4) is 0 Å². The lowest BCUT2D eigenvalue weighted by molar-refractivity contribution is -0.266. The van der Waals surface area contributed by atoms with Crippen molar-refractivity contribution in [3.05, 3.63) is 35.9 Å². The zero-order valence-corrected chi connectivity index (χ0v) is 12.2. The van der Waals surface area contributed by atoms with Crippen LogP contribution in [0.15, 0.2) is 30.3 Å². The van der Waals surface area contributed by atoms with Crippen molar-refractivity contribution in [3.8, 4) is 0 Å². The molecular weight excluding hydrogens is 330 g/mol. The number of rotatable bonds is 8. The first-order valence-electron chi connectivity index (χ1n) is 6.44. The molecule has 0 bridgehead atoms. The van der Waals surface area contributed by atoms with E-state index in [-0.39, 0.29) is 23.7 Å². The van der Waals surface area contributed by atoms with Gasteiger partial charge in [0.15, 0.2) is 0 Å². The van der Waals surface area contributed by atoms with Gasteiger partial charge in [0.05, 0.1) is 0 Å². The molecule has 1 rings (SSSR count). The summed E-state index contributed by atoms with van der Waals surface area (Å²) in [4.78, 5) is 11.6. The van der Waals surface area contributed by atoms with E-state index in [2.05, 4.69) is 0 Å². The maximum absolute atomic E-state index is 13.0. The minimum Gasteiger partial charge on any atom is -0.282 e. The quantitative estimate of drug-likeness (QED) is 0.472. The summed E-state index contributed by atoms with van der Waals surface area (Å²) >= 11 is 0.874. The molecule has 0 N–H and O–H groups in total. The molecule has 0 aliphatic rings. The van der Waals surface area contributed by atoms with E-state index in [9.17, 15) is 31.1 Å². The molecule has 0 amide bonds. The van der Waals surface area contributed by atoms with E-state index in [1.807, 2.05) is 0 Å². The normalized spacial score (nSPS) is 12.7. The van der Waals surface area contributed by atoms with Crippen molar-refractivity contribution >= 4 is 16.9 Å². The highest BCUT2D eigenvalue weighted by Gasteiger charge is 2.61. The first-order valence-corrected chi connectivity index (χ1v) is 7.43. The molecule has 0 aliphatic heterocycles. The van der Waals surface area contributed by atoms with Crippen LogP contribution < -0.4 is 0 Å². The number of alkyl halides is 6. The van der Waals surface area contributed by atoms with Crippen LogP contribution in [0.2, 0.25) is 0 Å². The van der Waals surface area contributed by atoms with Crippen LogP contribution in [-0.4, -0.2) is 29.1 Å². The van der Waals surface area contributed by atoms with Gasteiger partial charge >= 0.3 is 18.3 Å². The number of hydrogen-bond acceptors (Lipinski definition) is 2. The van der Waals surface area contributed by atoms with Gasteiger partial charge in [0.1, 0.15) is 0 Å². The van der Waals surface area contributed by atoms with Gasteiger partial charge in [-0.1, -0.05) is 42.1 Å². The molecule has 1 aromatic rings. The molecule has 0 aliphatic carbocycles. The molecule has 0 aromatic heterocycles. The number of halogens is 6.